The Balaban J connectivity index is 2.89. The molecule has 0 aromatic heterocycles. The Morgan fingerprint density at radius 3 is 2.04 bits per heavy atom. The molecule has 1 aliphatic heterocycles. The maximum Gasteiger partial charge on any atom is 0.187 e. The number of aliphatic hydroxyl groups excluding tert-OH is 8. The summed E-state index contributed by atoms with van der Waals surface area (Å²) >= 11 is 0. The topological polar surface area (TPSA) is 180 Å². The first-order valence-electron chi connectivity index (χ1n) is 7.39. The van der Waals surface area contributed by atoms with Crippen LogP contribution in [0.25, 0.3) is 0 Å². The molecule has 0 aliphatic carbocycles. The summed E-state index contributed by atoms with van der Waals surface area (Å²) in [5.41, 5.74) is 0. The summed E-state index contributed by atoms with van der Waals surface area (Å²) in [6.45, 7) is 0.109. The molecule has 0 spiro atoms. The lowest BCUT2D eigenvalue weighted by atomic mass is 9.98. The molecule has 0 bridgehead atoms. The lowest BCUT2D eigenvalue weighted by Crippen LogP contribution is -2.61. The molecule has 1 saturated heterocycles. The first-order chi connectivity index (χ1) is 10.8. The van der Waals surface area contributed by atoms with Gasteiger partial charge in [0.05, 0.1) is 19.3 Å². The fraction of sp³-hybridized carbons (Fsp3) is 1.00. The minimum Gasteiger partial charge on any atom is -0.394 e. The van der Waals surface area contributed by atoms with Crippen LogP contribution in [0.5, 0.6) is 0 Å². The fourth-order valence-corrected chi connectivity index (χ4v) is 2.30. The summed E-state index contributed by atoms with van der Waals surface area (Å²) in [4.78, 5) is 0. The Morgan fingerprint density at radius 1 is 0.957 bits per heavy atom. The average Bonchev–Trinajstić information content (AvgIpc) is 2.57. The first kappa shape index (κ1) is 20.6. The van der Waals surface area contributed by atoms with Crippen molar-refractivity contribution in [3.8, 4) is 0 Å². The predicted octanol–water partition coefficient (Wildman–Crippen LogP) is -4.34. The van der Waals surface area contributed by atoms with Gasteiger partial charge >= 0.3 is 0 Å². The minimum atomic E-state index is -1.73. The molecular formula is C13H26O10. The molecule has 138 valence electrons. The quantitative estimate of drug-likeness (QED) is 0.215. The largest absolute Gasteiger partial charge is 0.394 e. The third-order valence-corrected chi connectivity index (χ3v) is 3.86. The van der Waals surface area contributed by atoms with E-state index in [1.807, 2.05) is 0 Å². The highest BCUT2D eigenvalue weighted by atomic mass is 16.7. The van der Waals surface area contributed by atoms with E-state index in [1.54, 1.807) is 6.92 Å². The van der Waals surface area contributed by atoms with Gasteiger partial charge in [-0.05, 0) is 6.42 Å². The van der Waals surface area contributed by atoms with Gasteiger partial charge in [0, 0.05) is 0 Å². The summed E-state index contributed by atoms with van der Waals surface area (Å²) < 4.78 is 10.3. The van der Waals surface area contributed by atoms with Gasteiger partial charge in [0.2, 0.25) is 0 Å². The summed E-state index contributed by atoms with van der Waals surface area (Å²) in [7, 11) is 0. The minimum absolute atomic E-state index is 0.133. The van der Waals surface area contributed by atoms with Crippen molar-refractivity contribution >= 4 is 0 Å². The van der Waals surface area contributed by atoms with Crippen LogP contribution in [0.3, 0.4) is 0 Å². The zero-order valence-corrected chi connectivity index (χ0v) is 12.7. The van der Waals surface area contributed by atoms with E-state index in [2.05, 4.69) is 0 Å². The lowest BCUT2D eigenvalue weighted by Gasteiger charge is -2.42. The van der Waals surface area contributed by atoms with Crippen LogP contribution in [0.1, 0.15) is 13.3 Å². The van der Waals surface area contributed by atoms with Crippen LogP contribution in [-0.4, -0.2) is 109 Å². The number of hydrogen-bond donors (Lipinski definition) is 8. The van der Waals surface area contributed by atoms with Crippen LogP contribution in [0.4, 0.5) is 0 Å². The molecule has 1 rings (SSSR count). The van der Waals surface area contributed by atoms with Gasteiger partial charge in [-0.15, -0.1) is 0 Å². The molecule has 0 aromatic carbocycles. The van der Waals surface area contributed by atoms with Crippen LogP contribution in [0, 0.1) is 0 Å². The Morgan fingerprint density at radius 2 is 1.57 bits per heavy atom. The third-order valence-electron chi connectivity index (χ3n) is 3.86. The molecule has 1 fully saturated rings. The Bertz CT molecular complexity index is 341. The van der Waals surface area contributed by atoms with Gasteiger partial charge in [0.15, 0.2) is 6.29 Å². The van der Waals surface area contributed by atoms with Crippen LogP contribution in [0.15, 0.2) is 0 Å². The van der Waals surface area contributed by atoms with E-state index in [1.165, 1.54) is 0 Å². The zero-order chi connectivity index (χ0) is 17.7. The molecule has 0 aromatic rings. The molecule has 10 heteroatoms. The lowest BCUT2D eigenvalue weighted by molar-refractivity contribution is -0.327. The second-order valence-electron chi connectivity index (χ2n) is 5.51. The molecule has 9 atom stereocenters. The van der Waals surface area contributed by atoms with E-state index in [4.69, 9.17) is 19.7 Å². The average molecular weight is 342 g/mol. The Kier molecular flexibility index (Phi) is 8.24. The molecule has 0 radical (unpaired) electrons. The van der Waals surface area contributed by atoms with E-state index >= 15 is 0 Å². The van der Waals surface area contributed by atoms with Crippen molar-refractivity contribution in [1.29, 1.82) is 0 Å². The van der Waals surface area contributed by atoms with Gasteiger partial charge in [-0.25, -0.2) is 0 Å². The van der Waals surface area contributed by atoms with Gasteiger partial charge in [0.25, 0.3) is 0 Å². The number of ether oxygens (including phenoxy) is 2. The normalized spacial score (nSPS) is 37.2. The highest BCUT2D eigenvalue weighted by Crippen LogP contribution is 2.25. The Labute approximate surface area is 133 Å². The van der Waals surface area contributed by atoms with Gasteiger partial charge in [-0.2, -0.15) is 0 Å². The molecule has 1 heterocycles. The van der Waals surface area contributed by atoms with Gasteiger partial charge in [0.1, 0.15) is 42.7 Å². The summed E-state index contributed by atoms with van der Waals surface area (Å²) in [5.74, 6) is 0. The van der Waals surface area contributed by atoms with Crippen molar-refractivity contribution in [2.45, 2.75) is 68.5 Å². The molecular weight excluding hydrogens is 316 g/mol. The molecule has 10 nitrogen and oxygen atoms in total. The fourth-order valence-electron chi connectivity index (χ4n) is 2.30. The first-order valence-corrected chi connectivity index (χ1v) is 7.39. The van der Waals surface area contributed by atoms with Crippen molar-refractivity contribution in [2.24, 2.45) is 0 Å². The van der Waals surface area contributed by atoms with Gasteiger partial charge < -0.3 is 50.3 Å². The molecule has 0 amide bonds. The molecule has 1 aliphatic rings. The van der Waals surface area contributed by atoms with E-state index in [0.717, 1.165) is 0 Å². The highest BCUT2D eigenvalue weighted by Gasteiger charge is 2.46. The van der Waals surface area contributed by atoms with Crippen molar-refractivity contribution in [3.63, 3.8) is 0 Å². The Hall–Kier alpha value is -0.400. The monoisotopic (exact) mass is 342 g/mol. The van der Waals surface area contributed by atoms with E-state index in [-0.39, 0.29) is 6.42 Å². The van der Waals surface area contributed by atoms with Crippen LogP contribution in [-0.2, 0) is 9.47 Å². The van der Waals surface area contributed by atoms with Crippen LogP contribution in [0.2, 0.25) is 0 Å². The SMILES string of the molecule is CCC(O)C(O)C(O[C@@H]1OC(CO)[C@H](O)C(O)[C@@H]1O)C(O)CO. The molecule has 6 unspecified atom stereocenters. The summed E-state index contributed by atoms with van der Waals surface area (Å²) in [6.07, 6.45) is -13.7. The second-order valence-corrected chi connectivity index (χ2v) is 5.51. The van der Waals surface area contributed by atoms with Crippen molar-refractivity contribution in [3.05, 3.63) is 0 Å². The zero-order valence-electron chi connectivity index (χ0n) is 12.7. The maximum atomic E-state index is 9.99. The molecule has 23 heavy (non-hydrogen) atoms. The number of hydrogen-bond acceptors (Lipinski definition) is 10. The van der Waals surface area contributed by atoms with E-state index < -0.39 is 68.3 Å². The van der Waals surface area contributed by atoms with Gasteiger partial charge in [-0.1, -0.05) is 6.92 Å². The second kappa shape index (κ2) is 9.18. The van der Waals surface area contributed by atoms with E-state index in [0.29, 0.717) is 0 Å². The number of rotatable bonds is 8. The van der Waals surface area contributed by atoms with Crippen LogP contribution >= 0.6 is 0 Å². The van der Waals surface area contributed by atoms with Crippen LogP contribution < -0.4 is 0 Å². The molecule has 0 saturated carbocycles. The summed E-state index contributed by atoms with van der Waals surface area (Å²) in [5, 5.41) is 76.8. The third kappa shape index (κ3) is 4.79. The van der Waals surface area contributed by atoms with Crippen molar-refractivity contribution in [2.75, 3.05) is 13.2 Å². The molecule has 8 N–H and O–H groups in total. The smallest absolute Gasteiger partial charge is 0.187 e. The predicted molar refractivity (Wildman–Crippen MR) is 74.0 cm³/mol. The highest BCUT2D eigenvalue weighted by molar-refractivity contribution is 4.91. The van der Waals surface area contributed by atoms with Crippen molar-refractivity contribution in [1.82, 2.24) is 0 Å². The van der Waals surface area contributed by atoms with E-state index in [9.17, 15) is 30.6 Å². The maximum absolute atomic E-state index is 9.99. The van der Waals surface area contributed by atoms with Crippen molar-refractivity contribution < 1.29 is 50.3 Å². The summed E-state index contributed by atoms with van der Waals surface area (Å²) in [6, 6.07) is 0. The number of aliphatic hydroxyl groups is 8. The van der Waals surface area contributed by atoms with Gasteiger partial charge in [-0.3, -0.25) is 0 Å². The standard InChI is InChI=1S/C13H26O10/c1-2-5(16)8(18)12(6(17)3-14)23-13-11(21)10(20)9(19)7(4-15)22-13/h5-21H,2-4H2,1H3/t5?,6?,7?,8?,9-,10?,11-,12?,13-/m0/s1.